The highest BCUT2D eigenvalue weighted by Gasteiger charge is 2.35. The second-order valence-electron chi connectivity index (χ2n) is 5.22. The van der Waals surface area contributed by atoms with Gasteiger partial charge in [0.05, 0.1) is 7.11 Å². The van der Waals surface area contributed by atoms with Crippen LogP contribution in [0.1, 0.15) is 5.56 Å². The van der Waals surface area contributed by atoms with Crippen molar-refractivity contribution in [1.29, 1.82) is 0 Å². The summed E-state index contributed by atoms with van der Waals surface area (Å²) in [5, 5.41) is 12.2. The van der Waals surface area contributed by atoms with Gasteiger partial charge in [0.25, 0.3) is 0 Å². The number of rotatable bonds is 5. The molecule has 0 bridgehead atoms. The molecule has 2 aromatic rings. The summed E-state index contributed by atoms with van der Waals surface area (Å²) >= 11 is 0. The van der Waals surface area contributed by atoms with E-state index < -0.39 is 17.3 Å². The summed E-state index contributed by atoms with van der Waals surface area (Å²) < 4.78 is 10.6. The minimum atomic E-state index is -1.35. The zero-order chi connectivity index (χ0) is 17.8. The molecular weight excluding hydrogens is 322 g/mol. The molecule has 0 radical (unpaired) electrons. The van der Waals surface area contributed by atoms with Crippen molar-refractivity contribution in [3.05, 3.63) is 77.4 Å². The third-order valence-electron chi connectivity index (χ3n) is 3.53. The van der Waals surface area contributed by atoms with E-state index in [-0.39, 0.29) is 11.6 Å². The minimum Gasteiger partial charge on any atom is -0.497 e. The lowest BCUT2D eigenvalue weighted by molar-refractivity contribution is -0.134. The normalized spacial score (nSPS) is 15.2. The van der Waals surface area contributed by atoms with Gasteiger partial charge in [-0.15, -0.1) is 0 Å². The van der Waals surface area contributed by atoms with E-state index in [0.29, 0.717) is 17.0 Å². The van der Waals surface area contributed by atoms with E-state index in [0.717, 1.165) is 0 Å². The summed E-state index contributed by atoms with van der Waals surface area (Å²) in [6.07, 6.45) is 1.48. The molecule has 6 nitrogen and oxygen atoms in total. The first-order chi connectivity index (χ1) is 12.1. The monoisotopic (exact) mass is 337 g/mol. The first kappa shape index (κ1) is 16.3. The summed E-state index contributed by atoms with van der Waals surface area (Å²) in [5.41, 5.74) is 0.845. The molecule has 0 saturated heterocycles. The second kappa shape index (κ2) is 6.92. The van der Waals surface area contributed by atoms with Crippen LogP contribution in [-0.4, -0.2) is 24.0 Å². The van der Waals surface area contributed by atoms with Gasteiger partial charge in [-0.1, -0.05) is 30.3 Å². The number of nitrogens with one attached hydrogen (secondary N) is 1. The number of carbonyl (C=O) groups is 2. The molecule has 0 fully saturated rings. The average Bonchev–Trinajstić information content (AvgIpc) is 2.91. The number of benzene rings is 2. The minimum absolute atomic E-state index is 0.0657. The van der Waals surface area contributed by atoms with Crippen molar-refractivity contribution in [2.24, 2.45) is 0 Å². The smallest absolute Gasteiger partial charge is 0.345 e. The highest BCUT2D eigenvalue weighted by atomic mass is 16.5. The van der Waals surface area contributed by atoms with Gasteiger partial charge in [-0.3, -0.25) is 4.79 Å². The van der Waals surface area contributed by atoms with Crippen LogP contribution in [0.15, 0.2) is 71.8 Å². The Hall–Kier alpha value is -3.54. The Kier molecular flexibility index (Phi) is 4.52. The number of hydrogen-bond acceptors (Lipinski definition) is 5. The first-order valence-corrected chi connectivity index (χ1v) is 7.46. The topological polar surface area (TPSA) is 84.9 Å². The van der Waals surface area contributed by atoms with Crippen LogP contribution in [0, 0.1) is 0 Å². The Morgan fingerprint density at radius 1 is 1.16 bits per heavy atom. The van der Waals surface area contributed by atoms with Gasteiger partial charge in [-0.2, -0.15) is 0 Å². The van der Waals surface area contributed by atoms with Crippen molar-refractivity contribution in [2.45, 2.75) is 0 Å². The van der Waals surface area contributed by atoms with Gasteiger partial charge in [-0.05, 0) is 35.9 Å². The van der Waals surface area contributed by atoms with Crippen LogP contribution in [0.4, 0.5) is 5.69 Å². The Labute approximate surface area is 144 Å². The van der Waals surface area contributed by atoms with Crippen molar-refractivity contribution in [3.8, 4) is 5.75 Å². The standard InChI is InChI=1S/C19H15NO5/c1-24-14-9-5-6-12(10-14)11-15-17(21)16(19(22)23)18(25-15)20-13-7-3-2-4-8-13/h2-11,20H,1H3,(H,22,23)/b15-11-. The van der Waals surface area contributed by atoms with Gasteiger partial charge in [0.2, 0.25) is 11.7 Å². The van der Waals surface area contributed by atoms with Crippen LogP contribution >= 0.6 is 0 Å². The fourth-order valence-electron chi connectivity index (χ4n) is 2.35. The molecule has 0 atom stereocenters. The fourth-order valence-corrected chi connectivity index (χ4v) is 2.35. The van der Waals surface area contributed by atoms with Gasteiger partial charge in [0, 0.05) is 5.69 Å². The van der Waals surface area contributed by atoms with Gasteiger partial charge >= 0.3 is 5.97 Å². The van der Waals surface area contributed by atoms with E-state index in [2.05, 4.69) is 5.32 Å². The number of allylic oxidation sites excluding steroid dienone is 1. The predicted molar refractivity (Wildman–Crippen MR) is 91.8 cm³/mol. The molecule has 2 aromatic carbocycles. The highest BCUT2D eigenvalue weighted by Crippen LogP contribution is 2.28. The fraction of sp³-hybridized carbons (Fsp3) is 0.0526. The third-order valence-corrected chi connectivity index (χ3v) is 3.53. The molecule has 126 valence electrons. The predicted octanol–water partition coefficient (Wildman–Crippen LogP) is 3.04. The zero-order valence-corrected chi connectivity index (χ0v) is 13.4. The molecule has 3 rings (SSSR count). The number of carboxylic acid groups (broad SMARTS) is 1. The maximum Gasteiger partial charge on any atom is 0.345 e. The molecule has 0 aromatic heterocycles. The maximum atomic E-state index is 12.4. The van der Waals surface area contributed by atoms with Gasteiger partial charge in [-0.25, -0.2) is 4.79 Å². The maximum absolute atomic E-state index is 12.4. The number of methoxy groups -OCH3 is 1. The summed E-state index contributed by atoms with van der Waals surface area (Å²) in [6.45, 7) is 0. The van der Waals surface area contributed by atoms with Crippen molar-refractivity contribution in [1.82, 2.24) is 0 Å². The lowest BCUT2D eigenvalue weighted by atomic mass is 10.1. The Morgan fingerprint density at radius 2 is 1.92 bits per heavy atom. The zero-order valence-electron chi connectivity index (χ0n) is 13.4. The average molecular weight is 337 g/mol. The third kappa shape index (κ3) is 3.53. The van der Waals surface area contributed by atoms with Gasteiger partial charge < -0.3 is 19.9 Å². The SMILES string of the molecule is COc1cccc(/C=C2\OC(Nc3ccccc3)=C(C(=O)O)C2=O)c1. The van der Waals surface area contributed by atoms with E-state index in [1.165, 1.54) is 13.2 Å². The van der Waals surface area contributed by atoms with Crippen LogP contribution in [0.3, 0.4) is 0 Å². The second-order valence-corrected chi connectivity index (χ2v) is 5.22. The quantitative estimate of drug-likeness (QED) is 0.644. The Morgan fingerprint density at radius 3 is 2.60 bits per heavy atom. The molecule has 0 spiro atoms. The number of anilines is 1. The molecule has 1 aliphatic rings. The van der Waals surface area contributed by atoms with Crippen molar-refractivity contribution < 1.29 is 24.2 Å². The van der Waals surface area contributed by atoms with E-state index in [9.17, 15) is 14.7 Å². The number of ketones is 1. The molecule has 2 N–H and O–H groups in total. The van der Waals surface area contributed by atoms with Crippen LogP contribution in [0.25, 0.3) is 6.08 Å². The lowest BCUT2D eigenvalue weighted by Crippen LogP contribution is -2.12. The lowest BCUT2D eigenvalue weighted by Gasteiger charge is -2.07. The number of para-hydroxylation sites is 1. The highest BCUT2D eigenvalue weighted by molar-refractivity contribution is 6.26. The number of carboxylic acids is 1. The number of Topliss-reactive ketones (excluding diaryl/α,β-unsaturated/α-hetero) is 1. The number of hydrogen-bond donors (Lipinski definition) is 2. The molecule has 0 unspecified atom stereocenters. The molecule has 0 saturated carbocycles. The molecule has 0 amide bonds. The van der Waals surface area contributed by atoms with Crippen LogP contribution in [0.2, 0.25) is 0 Å². The van der Waals surface area contributed by atoms with Crippen LogP contribution < -0.4 is 10.1 Å². The summed E-state index contributed by atoms with van der Waals surface area (Å²) in [7, 11) is 1.54. The largest absolute Gasteiger partial charge is 0.497 e. The van der Waals surface area contributed by atoms with Crippen LogP contribution in [0.5, 0.6) is 5.75 Å². The van der Waals surface area contributed by atoms with Gasteiger partial charge in [0.15, 0.2) is 11.3 Å². The molecule has 6 heteroatoms. The summed E-state index contributed by atoms with van der Waals surface area (Å²) in [6, 6.07) is 15.9. The van der Waals surface area contributed by atoms with E-state index in [4.69, 9.17) is 9.47 Å². The van der Waals surface area contributed by atoms with Crippen molar-refractivity contribution in [2.75, 3.05) is 12.4 Å². The number of aliphatic carboxylic acids is 1. The van der Waals surface area contributed by atoms with Crippen molar-refractivity contribution in [3.63, 3.8) is 0 Å². The summed E-state index contributed by atoms with van der Waals surface area (Å²) in [5.74, 6) is -1.58. The first-order valence-electron chi connectivity index (χ1n) is 7.46. The molecule has 1 aliphatic heterocycles. The molecule has 0 aliphatic carbocycles. The van der Waals surface area contributed by atoms with Crippen LogP contribution in [-0.2, 0) is 14.3 Å². The Bertz CT molecular complexity index is 884. The molecule has 1 heterocycles. The van der Waals surface area contributed by atoms with E-state index >= 15 is 0 Å². The van der Waals surface area contributed by atoms with E-state index in [1.807, 2.05) is 6.07 Å². The number of carbonyl (C=O) groups excluding carboxylic acids is 1. The number of ether oxygens (including phenoxy) is 2. The van der Waals surface area contributed by atoms with E-state index in [1.54, 1.807) is 48.5 Å². The van der Waals surface area contributed by atoms with Gasteiger partial charge in [0.1, 0.15) is 5.75 Å². The van der Waals surface area contributed by atoms with Crippen molar-refractivity contribution >= 4 is 23.5 Å². The summed E-state index contributed by atoms with van der Waals surface area (Å²) in [4.78, 5) is 23.9. The molecule has 25 heavy (non-hydrogen) atoms. The molecular formula is C19H15NO5. The Balaban J connectivity index is 1.92.